The van der Waals surface area contributed by atoms with Gasteiger partial charge in [0.25, 0.3) is 5.69 Å². The van der Waals surface area contributed by atoms with E-state index in [1.165, 1.54) is 6.07 Å². The number of alkyl halides is 1. The maximum absolute atomic E-state index is 10.9. The third-order valence-electron chi connectivity index (χ3n) is 2.97. The number of hydrogen-bond acceptors (Lipinski definition) is 3. The van der Waals surface area contributed by atoms with Crippen LogP contribution < -0.4 is 4.74 Å². The van der Waals surface area contributed by atoms with E-state index in [-0.39, 0.29) is 10.6 Å². The van der Waals surface area contributed by atoms with Gasteiger partial charge in [0.1, 0.15) is 5.75 Å². The van der Waals surface area contributed by atoms with Gasteiger partial charge in [-0.25, -0.2) is 0 Å². The summed E-state index contributed by atoms with van der Waals surface area (Å²) < 4.78 is 6.48. The molecule has 0 atom stereocenters. The Morgan fingerprint density at radius 3 is 2.67 bits per heavy atom. The molecule has 0 aliphatic carbocycles. The Morgan fingerprint density at radius 2 is 2.00 bits per heavy atom. The maximum Gasteiger partial charge on any atom is 0.272 e. The molecule has 0 bridgehead atoms. The van der Waals surface area contributed by atoms with Gasteiger partial charge >= 0.3 is 0 Å². The van der Waals surface area contributed by atoms with Crippen molar-refractivity contribution < 1.29 is 9.66 Å². The van der Waals surface area contributed by atoms with Gasteiger partial charge in [0.15, 0.2) is 0 Å². The van der Waals surface area contributed by atoms with Crippen LogP contribution in [0.3, 0.4) is 0 Å². The first-order chi connectivity index (χ1) is 10.1. The van der Waals surface area contributed by atoms with Crippen molar-refractivity contribution in [3.05, 3.63) is 68.2 Å². The summed E-state index contributed by atoms with van der Waals surface area (Å²) in [5, 5.41) is 10.9. The summed E-state index contributed by atoms with van der Waals surface area (Å²) in [6.45, 7) is 0.365. The highest BCUT2D eigenvalue weighted by molar-refractivity contribution is 9.10. The Kier molecular flexibility index (Phi) is 5.59. The van der Waals surface area contributed by atoms with Crippen molar-refractivity contribution in [2.75, 3.05) is 6.61 Å². The highest BCUT2D eigenvalue weighted by Crippen LogP contribution is 2.27. The Balaban J connectivity index is 2.00. The van der Waals surface area contributed by atoms with E-state index >= 15 is 0 Å². The molecule has 6 heteroatoms. The number of nitro benzene ring substituents is 1. The van der Waals surface area contributed by atoms with E-state index in [0.717, 1.165) is 10.0 Å². The molecule has 0 radical (unpaired) electrons. The van der Waals surface area contributed by atoms with Crippen molar-refractivity contribution in [2.24, 2.45) is 0 Å². The normalized spacial score (nSPS) is 10.4. The Labute approximate surface area is 136 Å². The molecule has 0 aliphatic rings. The zero-order chi connectivity index (χ0) is 15.2. The van der Waals surface area contributed by atoms with Crippen LogP contribution in [-0.4, -0.2) is 11.5 Å². The van der Waals surface area contributed by atoms with Gasteiger partial charge in [-0.2, -0.15) is 0 Å². The first-order valence-corrected chi connectivity index (χ1v) is 7.64. The van der Waals surface area contributed by atoms with Crippen molar-refractivity contribution in [3.8, 4) is 5.75 Å². The van der Waals surface area contributed by atoms with E-state index in [9.17, 15) is 10.1 Å². The molecule has 2 aromatic rings. The van der Waals surface area contributed by atoms with Crippen molar-refractivity contribution in [1.29, 1.82) is 0 Å². The predicted molar refractivity (Wildman–Crippen MR) is 86.0 cm³/mol. The van der Waals surface area contributed by atoms with E-state index in [1.54, 1.807) is 18.2 Å². The summed E-state index contributed by atoms with van der Waals surface area (Å²) in [6, 6.07) is 12.3. The average Bonchev–Trinajstić information content (AvgIpc) is 2.49. The molecular weight excluding hydrogens is 358 g/mol. The van der Waals surface area contributed by atoms with Gasteiger partial charge in [-0.3, -0.25) is 10.1 Å². The van der Waals surface area contributed by atoms with Crippen molar-refractivity contribution in [2.45, 2.75) is 12.3 Å². The molecule has 0 saturated carbocycles. The molecule has 0 heterocycles. The number of nitro groups is 1. The fourth-order valence-corrected chi connectivity index (χ4v) is 2.62. The van der Waals surface area contributed by atoms with E-state index in [0.29, 0.717) is 30.2 Å². The second kappa shape index (κ2) is 7.43. The molecular formula is C15H13BrClNO3. The molecule has 0 aromatic heterocycles. The molecule has 0 saturated heterocycles. The third-order valence-corrected chi connectivity index (χ3v) is 3.90. The molecule has 4 nitrogen and oxygen atoms in total. The van der Waals surface area contributed by atoms with E-state index in [1.807, 2.05) is 18.2 Å². The number of halogens is 2. The number of hydrogen-bond donors (Lipinski definition) is 0. The SMILES string of the molecule is O=[N+]([O-])c1ccccc1CCOc1ccc(CCl)cc1Br. The lowest BCUT2D eigenvalue weighted by Crippen LogP contribution is -2.04. The van der Waals surface area contributed by atoms with Crippen molar-refractivity contribution >= 4 is 33.2 Å². The highest BCUT2D eigenvalue weighted by atomic mass is 79.9. The Morgan fingerprint density at radius 1 is 1.24 bits per heavy atom. The molecule has 0 spiro atoms. The average molecular weight is 371 g/mol. The minimum atomic E-state index is -0.374. The van der Waals surface area contributed by atoms with Crippen LogP contribution in [0.2, 0.25) is 0 Å². The van der Waals surface area contributed by atoms with Gasteiger partial charge in [-0.15, -0.1) is 11.6 Å². The van der Waals surface area contributed by atoms with Gasteiger partial charge in [-0.1, -0.05) is 24.3 Å². The number of benzene rings is 2. The standard InChI is InChI=1S/C15H13BrClNO3/c16-13-9-11(10-17)5-6-15(13)21-8-7-12-3-1-2-4-14(12)18(19)20/h1-6,9H,7-8,10H2. The fraction of sp³-hybridized carbons (Fsp3) is 0.200. The first-order valence-electron chi connectivity index (χ1n) is 6.31. The summed E-state index contributed by atoms with van der Waals surface area (Å²) in [4.78, 5) is 10.5. The van der Waals surface area contributed by atoms with Crippen LogP contribution in [0.25, 0.3) is 0 Å². The predicted octanol–water partition coefficient (Wildman–Crippen LogP) is 4.72. The van der Waals surface area contributed by atoms with Crippen LogP contribution in [-0.2, 0) is 12.3 Å². The second-order valence-electron chi connectivity index (χ2n) is 4.38. The summed E-state index contributed by atoms with van der Waals surface area (Å²) in [5.74, 6) is 1.14. The van der Waals surface area contributed by atoms with E-state index in [4.69, 9.17) is 16.3 Å². The van der Waals surface area contributed by atoms with Crippen molar-refractivity contribution in [3.63, 3.8) is 0 Å². The zero-order valence-corrected chi connectivity index (χ0v) is 13.4. The first kappa shape index (κ1) is 15.8. The highest BCUT2D eigenvalue weighted by Gasteiger charge is 2.12. The van der Waals surface area contributed by atoms with Crippen LogP contribution in [0.4, 0.5) is 5.69 Å². The summed E-state index contributed by atoms with van der Waals surface area (Å²) in [6.07, 6.45) is 0.473. The molecule has 21 heavy (non-hydrogen) atoms. The second-order valence-corrected chi connectivity index (χ2v) is 5.50. The summed E-state index contributed by atoms with van der Waals surface area (Å²) >= 11 is 9.18. The lowest BCUT2D eigenvalue weighted by Gasteiger charge is -2.09. The maximum atomic E-state index is 10.9. The molecule has 0 amide bonds. The summed E-state index contributed by atoms with van der Waals surface area (Å²) in [5.41, 5.74) is 1.78. The molecule has 2 rings (SSSR count). The van der Waals surface area contributed by atoms with Crippen LogP contribution in [0.1, 0.15) is 11.1 Å². The van der Waals surface area contributed by atoms with Gasteiger partial charge < -0.3 is 4.74 Å². The molecule has 0 unspecified atom stereocenters. The molecule has 0 fully saturated rings. The lowest BCUT2D eigenvalue weighted by atomic mass is 10.1. The molecule has 0 N–H and O–H groups in total. The van der Waals surface area contributed by atoms with Crippen molar-refractivity contribution in [1.82, 2.24) is 0 Å². The quantitative estimate of drug-likeness (QED) is 0.420. The van der Waals surface area contributed by atoms with Crippen LogP contribution >= 0.6 is 27.5 Å². The monoisotopic (exact) mass is 369 g/mol. The van der Waals surface area contributed by atoms with Crippen LogP contribution in [0.5, 0.6) is 5.75 Å². The number of ether oxygens (including phenoxy) is 1. The minimum Gasteiger partial charge on any atom is -0.492 e. The minimum absolute atomic E-state index is 0.123. The third kappa shape index (κ3) is 4.19. The van der Waals surface area contributed by atoms with E-state index < -0.39 is 0 Å². The van der Waals surface area contributed by atoms with Crippen LogP contribution in [0.15, 0.2) is 46.9 Å². The van der Waals surface area contributed by atoms with Gasteiger partial charge in [0.2, 0.25) is 0 Å². The number of rotatable bonds is 6. The van der Waals surface area contributed by atoms with Gasteiger partial charge in [0, 0.05) is 23.9 Å². The van der Waals surface area contributed by atoms with Crippen LogP contribution in [0, 0.1) is 10.1 Å². The molecule has 110 valence electrons. The smallest absolute Gasteiger partial charge is 0.272 e. The molecule has 2 aromatic carbocycles. The van der Waals surface area contributed by atoms with Gasteiger partial charge in [-0.05, 0) is 33.6 Å². The summed E-state index contributed by atoms with van der Waals surface area (Å²) in [7, 11) is 0. The number of para-hydroxylation sites is 1. The number of nitrogens with zero attached hydrogens (tertiary/aromatic N) is 1. The Bertz CT molecular complexity index is 649. The largest absolute Gasteiger partial charge is 0.492 e. The molecule has 0 aliphatic heterocycles. The fourth-order valence-electron chi connectivity index (χ4n) is 1.92. The zero-order valence-electron chi connectivity index (χ0n) is 11.1. The van der Waals surface area contributed by atoms with Gasteiger partial charge in [0.05, 0.1) is 16.0 Å². The Hall–Kier alpha value is -1.59. The van der Waals surface area contributed by atoms with E-state index in [2.05, 4.69) is 15.9 Å². The lowest BCUT2D eigenvalue weighted by molar-refractivity contribution is -0.385. The topological polar surface area (TPSA) is 52.4 Å².